The molecule has 3 amide bonds. The van der Waals surface area contributed by atoms with E-state index in [9.17, 15) is 14.4 Å². The molecule has 9 heteroatoms. The van der Waals surface area contributed by atoms with Crippen molar-refractivity contribution in [3.63, 3.8) is 0 Å². The maximum absolute atomic E-state index is 12.7. The number of hydrazone groups is 1. The Balaban J connectivity index is 1.71. The summed E-state index contributed by atoms with van der Waals surface area (Å²) in [6.07, 6.45) is 0.481. The second kappa shape index (κ2) is 9.95. The Morgan fingerprint density at radius 1 is 1.12 bits per heavy atom. The van der Waals surface area contributed by atoms with Gasteiger partial charge in [-0.05, 0) is 48.7 Å². The maximum Gasteiger partial charge on any atom is 0.267 e. The number of hydrogen-bond acceptors (Lipinski definition) is 6. The van der Waals surface area contributed by atoms with Crippen LogP contribution in [0.25, 0.3) is 0 Å². The monoisotopic (exact) mass is 438 g/mol. The van der Waals surface area contributed by atoms with Crippen LogP contribution < -0.4 is 25.5 Å². The number of carbonyl (C=O) groups is 3. The number of benzene rings is 2. The Hall–Kier alpha value is -3.88. The van der Waals surface area contributed by atoms with Gasteiger partial charge >= 0.3 is 0 Å². The zero-order chi connectivity index (χ0) is 23.3. The van der Waals surface area contributed by atoms with Crippen molar-refractivity contribution in [3.05, 3.63) is 53.1 Å². The van der Waals surface area contributed by atoms with E-state index in [-0.39, 0.29) is 37.8 Å². The number of ether oxygens (including phenoxy) is 2. The predicted octanol–water partition coefficient (Wildman–Crippen LogP) is 1.98. The van der Waals surface area contributed by atoms with Gasteiger partial charge in [0, 0.05) is 19.4 Å². The van der Waals surface area contributed by atoms with Gasteiger partial charge in [0.2, 0.25) is 5.91 Å². The number of nitrogens with zero attached hydrogens (tertiary/aromatic N) is 2. The fourth-order valence-corrected chi connectivity index (χ4v) is 3.23. The van der Waals surface area contributed by atoms with E-state index in [0.717, 1.165) is 16.7 Å². The number of nitrogens with one attached hydrogen (secondary N) is 1. The van der Waals surface area contributed by atoms with E-state index in [1.165, 1.54) is 12.1 Å². The lowest BCUT2D eigenvalue weighted by Gasteiger charge is -2.24. The average molecular weight is 438 g/mol. The molecule has 0 aliphatic carbocycles. The third kappa shape index (κ3) is 5.42. The van der Waals surface area contributed by atoms with Crippen molar-refractivity contribution in [2.45, 2.75) is 33.2 Å². The maximum atomic E-state index is 12.7. The summed E-state index contributed by atoms with van der Waals surface area (Å²) >= 11 is 0. The largest absolute Gasteiger partial charge is 0.493 e. The van der Waals surface area contributed by atoms with E-state index < -0.39 is 5.91 Å². The molecule has 0 fully saturated rings. The third-order valence-corrected chi connectivity index (χ3v) is 4.94. The smallest absolute Gasteiger partial charge is 0.267 e. The summed E-state index contributed by atoms with van der Waals surface area (Å²) in [7, 11) is 1.48. The first-order valence-corrected chi connectivity index (χ1v) is 10.1. The molecule has 0 radical (unpaired) electrons. The Morgan fingerprint density at radius 3 is 2.62 bits per heavy atom. The zero-order valence-electron chi connectivity index (χ0n) is 18.3. The molecule has 3 N–H and O–H groups in total. The summed E-state index contributed by atoms with van der Waals surface area (Å²) in [5.74, 6) is -0.294. The number of amides is 3. The molecule has 32 heavy (non-hydrogen) atoms. The van der Waals surface area contributed by atoms with Gasteiger partial charge in [-0.1, -0.05) is 18.2 Å². The van der Waals surface area contributed by atoms with Crippen molar-refractivity contribution in [3.8, 4) is 11.5 Å². The van der Waals surface area contributed by atoms with Crippen LogP contribution in [0, 0.1) is 13.8 Å². The topological polar surface area (TPSA) is 123 Å². The van der Waals surface area contributed by atoms with Crippen LogP contribution in [0.2, 0.25) is 0 Å². The summed E-state index contributed by atoms with van der Waals surface area (Å²) in [4.78, 5) is 36.1. The molecular weight excluding hydrogens is 412 g/mol. The molecule has 2 aromatic carbocycles. The standard InChI is InChI=1S/C23H26N4O5/c1-14-4-5-15(2)18(10-14)27-22(29)9-7-17(26-27)23(30)25-12-16-6-8-19(20(11-16)31-3)32-13-21(24)28/h4-6,8,10-11H,7,9,12-13H2,1-3H3,(H2,24,28)(H,25,30). The molecule has 9 nitrogen and oxygen atoms in total. The van der Waals surface area contributed by atoms with Gasteiger partial charge in [-0.25, -0.2) is 5.01 Å². The van der Waals surface area contributed by atoms with E-state index in [1.807, 2.05) is 32.0 Å². The number of aryl methyl sites for hydroxylation is 2. The highest BCUT2D eigenvalue weighted by Gasteiger charge is 2.26. The van der Waals surface area contributed by atoms with Gasteiger partial charge in [-0.15, -0.1) is 0 Å². The van der Waals surface area contributed by atoms with Crippen molar-refractivity contribution in [1.29, 1.82) is 0 Å². The number of primary amides is 1. The van der Waals surface area contributed by atoms with E-state index in [0.29, 0.717) is 22.9 Å². The summed E-state index contributed by atoms with van der Waals surface area (Å²) < 4.78 is 10.6. The van der Waals surface area contributed by atoms with Gasteiger partial charge in [0.25, 0.3) is 11.8 Å². The molecule has 0 saturated carbocycles. The fourth-order valence-electron chi connectivity index (χ4n) is 3.23. The molecular formula is C23H26N4O5. The molecule has 0 bridgehead atoms. The molecule has 1 aliphatic rings. The van der Waals surface area contributed by atoms with Gasteiger partial charge in [-0.3, -0.25) is 14.4 Å². The molecule has 0 spiro atoms. The number of rotatable bonds is 8. The first-order valence-electron chi connectivity index (χ1n) is 10.1. The average Bonchev–Trinajstić information content (AvgIpc) is 2.78. The van der Waals surface area contributed by atoms with Gasteiger partial charge < -0.3 is 20.5 Å². The van der Waals surface area contributed by atoms with Crippen LogP contribution in [0.4, 0.5) is 5.69 Å². The van der Waals surface area contributed by atoms with E-state index in [1.54, 1.807) is 18.2 Å². The second-order valence-corrected chi connectivity index (χ2v) is 7.47. The predicted molar refractivity (Wildman–Crippen MR) is 120 cm³/mol. The Labute approximate surface area is 186 Å². The molecule has 0 saturated heterocycles. The molecule has 0 aromatic heterocycles. The summed E-state index contributed by atoms with van der Waals surface area (Å²) in [5, 5.41) is 8.47. The van der Waals surface area contributed by atoms with Gasteiger partial charge in [-0.2, -0.15) is 5.10 Å². The van der Waals surface area contributed by atoms with Crippen molar-refractivity contribution >= 4 is 29.1 Å². The van der Waals surface area contributed by atoms with Crippen LogP contribution in [-0.4, -0.2) is 37.1 Å². The van der Waals surface area contributed by atoms with Gasteiger partial charge in [0.05, 0.1) is 12.8 Å². The normalized spacial score (nSPS) is 13.4. The lowest BCUT2D eigenvalue weighted by molar-refractivity contribution is -0.120. The van der Waals surface area contributed by atoms with Crippen LogP contribution in [0.1, 0.15) is 29.5 Å². The van der Waals surface area contributed by atoms with Crippen LogP contribution in [0.5, 0.6) is 11.5 Å². The fraction of sp³-hybridized carbons (Fsp3) is 0.304. The minimum absolute atomic E-state index is 0.147. The van der Waals surface area contributed by atoms with Gasteiger partial charge in [0.1, 0.15) is 5.71 Å². The number of methoxy groups -OCH3 is 1. The third-order valence-electron chi connectivity index (χ3n) is 4.94. The van der Waals surface area contributed by atoms with Gasteiger partial charge in [0.15, 0.2) is 18.1 Å². The molecule has 1 aliphatic heterocycles. The summed E-state index contributed by atoms with van der Waals surface area (Å²) in [5.41, 5.74) is 8.73. The van der Waals surface area contributed by atoms with Crippen LogP contribution >= 0.6 is 0 Å². The van der Waals surface area contributed by atoms with E-state index >= 15 is 0 Å². The Morgan fingerprint density at radius 2 is 1.91 bits per heavy atom. The minimum Gasteiger partial charge on any atom is -0.493 e. The van der Waals surface area contributed by atoms with Crippen molar-refractivity contribution in [2.75, 3.05) is 18.7 Å². The first kappa shape index (κ1) is 22.8. The molecule has 1 heterocycles. The number of hydrogen-bond donors (Lipinski definition) is 2. The minimum atomic E-state index is -0.593. The van der Waals surface area contributed by atoms with Crippen molar-refractivity contribution in [2.24, 2.45) is 10.8 Å². The molecule has 3 rings (SSSR count). The number of anilines is 1. The highest BCUT2D eigenvalue weighted by Crippen LogP contribution is 2.28. The molecule has 0 unspecified atom stereocenters. The Bertz CT molecular complexity index is 1080. The molecule has 0 atom stereocenters. The quantitative estimate of drug-likeness (QED) is 0.652. The highest BCUT2D eigenvalue weighted by atomic mass is 16.5. The molecule has 2 aromatic rings. The van der Waals surface area contributed by atoms with Crippen LogP contribution in [0.3, 0.4) is 0 Å². The van der Waals surface area contributed by atoms with Crippen LogP contribution in [0.15, 0.2) is 41.5 Å². The summed E-state index contributed by atoms with van der Waals surface area (Å²) in [6, 6.07) is 10.8. The number of nitrogens with two attached hydrogens (primary N) is 1. The SMILES string of the molecule is COc1cc(CNC(=O)C2=NN(c3cc(C)ccc3C)C(=O)CC2)ccc1OCC(N)=O. The van der Waals surface area contributed by atoms with Crippen LogP contribution in [-0.2, 0) is 20.9 Å². The van der Waals surface area contributed by atoms with E-state index in [2.05, 4.69) is 10.4 Å². The lowest BCUT2D eigenvalue weighted by atomic mass is 10.1. The summed E-state index contributed by atoms with van der Waals surface area (Å²) in [6.45, 7) is 3.80. The molecule has 168 valence electrons. The number of carbonyl (C=O) groups excluding carboxylic acids is 3. The lowest BCUT2D eigenvalue weighted by Crippen LogP contribution is -2.39. The second-order valence-electron chi connectivity index (χ2n) is 7.47. The zero-order valence-corrected chi connectivity index (χ0v) is 18.3. The van der Waals surface area contributed by atoms with E-state index in [4.69, 9.17) is 15.2 Å². The Kier molecular flexibility index (Phi) is 7.09. The first-order chi connectivity index (χ1) is 15.3. The van der Waals surface area contributed by atoms with Crippen molar-refractivity contribution < 1.29 is 23.9 Å². The van der Waals surface area contributed by atoms with Crippen molar-refractivity contribution in [1.82, 2.24) is 5.32 Å². The highest BCUT2D eigenvalue weighted by molar-refractivity contribution is 6.40.